The Morgan fingerprint density at radius 2 is 2.12 bits per heavy atom. The SMILES string of the molecule is CC(NC(=O)O)c1nc2cccc(C#N)c2cc1-c1ccccn1. The average molecular weight is 318 g/mol. The molecule has 0 aliphatic carbocycles. The lowest BCUT2D eigenvalue weighted by molar-refractivity contribution is 0.190. The van der Waals surface area contributed by atoms with E-state index in [1.807, 2.05) is 18.2 Å². The zero-order valence-corrected chi connectivity index (χ0v) is 12.9. The van der Waals surface area contributed by atoms with Crippen molar-refractivity contribution in [2.75, 3.05) is 0 Å². The number of pyridine rings is 2. The van der Waals surface area contributed by atoms with Crippen LogP contribution in [0.15, 0.2) is 48.7 Å². The maximum Gasteiger partial charge on any atom is 0.405 e. The predicted molar refractivity (Wildman–Crippen MR) is 89.3 cm³/mol. The molecule has 118 valence electrons. The predicted octanol–water partition coefficient (Wildman–Crippen LogP) is 3.50. The second-order valence-corrected chi connectivity index (χ2v) is 5.29. The third kappa shape index (κ3) is 2.88. The van der Waals surface area contributed by atoms with E-state index in [9.17, 15) is 10.1 Å². The van der Waals surface area contributed by atoms with Gasteiger partial charge in [-0.05, 0) is 37.3 Å². The van der Waals surface area contributed by atoms with Gasteiger partial charge in [0.2, 0.25) is 0 Å². The van der Waals surface area contributed by atoms with E-state index in [0.717, 1.165) is 0 Å². The number of amides is 1. The molecule has 1 unspecified atom stereocenters. The van der Waals surface area contributed by atoms with Crippen molar-refractivity contribution in [3.63, 3.8) is 0 Å². The first kappa shape index (κ1) is 15.4. The number of benzene rings is 1. The van der Waals surface area contributed by atoms with E-state index >= 15 is 0 Å². The molecule has 0 aliphatic rings. The van der Waals surface area contributed by atoms with Crippen LogP contribution >= 0.6 is 0 Å². The molecule has 2 aromatic heterocycles. The molecule has 6 nitrogen and oxygen atoms in total. The summed E-state index contributed by atoms with van der Waals surface area (Å²) in [4.78, 5) is 19.9. The lowest BCUT2D eigenvalue weighted by atomic mass is 9.99. The Morgan fingerprint density at radius 3 is 2.79 bits per heavy atom. The van der Waals surface area contributed by atoms with E-state index in [4.69, 9.17) is 5.11 Å². The van der Waals surface area contributed by atoms with Crippen LogP contribution in [0, 0.1) is 11.3 Å². The van der Waals surface area contributed by atoms with E-state index in [0.29, 0.717) is 33.4 Å². The van der Waals surface area contributed by atoms with E-state index in [1.165, 1.54) is 0 Å². The van der Waals surface area contributed by atoms with Gasteiger partial charge in [-0.1, -0.05) is 12.1 Å². The minimum atomic E-state index is -1.12. The Morgan fingerprint density at radius 1 is 1.29 bits per heavy atom. The first-order valence-electron chi connectivity index (χ1n) is 7.35. The third-order valence-electron chi connectivity index (χ3n) is 3.70. The van der Waals surface area contributed by atoms with Gasteiger partial charge < -0.3 is 10.4 Å². The summed E-state index contributed by atoms with van der Waals surface area (Å²) in [5, 5.41) is 21.5. The minimum Gasteiger partial charge on any atom is -0.465 e. The lowest BCUT2D eigenvalue weighted by Gasteiger charge is -2.16. The monoisotopic (exact) mass is 318 g/mol. The summed E-state index contributed by atoms with van der Waals surface area (Å²) in [6.45, 7) is 1.73. The minimum absolute atomic E-state index is 0.516. The molecule has 1 amide bonds. The van der Waals surface area contributed by atoms with Crippen LogP contribution in [0.5, 0.6) is 0 Å². The highest BCUT2D eigenvalue weighted by atomic mass is 16.4. The molecular weight excluding hydrogens is 304 g/mol. The van der Waals surface area contributed by atoms with Gasteiger partial charge in [-0.2, -0.15) is 5.26 Å². The number of nitriles is 1. The van der Waals surface area contributed by atoms with Crippen LogP contribution in [0.25, 0.3) is 22.2 Å². The van der Waals surface area contributed by atoms with Crippen molar-refractivity contribution in [1.29, 1.82) is 5.26 Å². The topological polar surface area (TPSA) is 98.9 Å². The van der Waals surface area contributed by atoms with E-state index < -0.39 is 12.1 Å². The van der Waals surface area contributed by atoms with Crippen molar-refractivity contribution in [3.05, 3.63) is 59.9 Å². The van der Waals surface area contributed by atoms with Crippen molar-refractivity contribution in [3.8, 4) is 17.3 Å². The van der Waals surface area contributed by atoms with Gasteiger partial charge in [0, 0.05) is 17.1 Å². The highest BCUT2D eigenvalue weighted by molar-refractivity contribution is 5.89. The Bertz CT molecular complexity index is 948. The average Bonchev–Trinajstić information content (AvgIpc) is 2.60. The number of aromatic nitrogens is 2. The number of carbonyl (C=O) groups is 1. The van der Waals surface area contributed by atoms with Gasteiger partial charge in [0.1, 0.15) is 0 Å². The van der Waals surface area contributed by atoms with Crippen molar-refractivity contribution >= 4 is 17.0 Å². The van der Waals surface area contributed by atoms with Crippen molar-refractivity contribution in [1.82, 2.24) is 15.3 Å². The number of rotatable bonds is 3. The molecule has 3 aromatic rings. The molecule has 0 aliphatic heterocycles. The van der Waals surface area contributed by atoms with Gasteiger partial charge in [-0.15, -0.1) is 0 Å². The smallest absolute Gasteiger partial charge is 0.405 e. The molecule has 1 atom stereocenters. The van der Waals surface area contributed by atoms with Gasteiger partial charge in [0.05, 0.1) is 34.6 Å². The zero-order chi connectivity index (χ0) is 17.1. The van der Waals surface area contributed by atoms with Crippen LogP contribution in [0.4, 0.5) is 4.79 Å². The molecule has 6 heteroatoms. The van der Waals surface area contributed by atoms with Crippen LogP contribution in [-0.2, 0) is 0 Å². The first-order valence-corrected chi connectivity index (χ1v) is 7.35. The molecule has 0 bridgehead atoms. The maximum absolute atomic E-state index is 11.0. The van der Waals surface area contributed by atoms with E-state index in [1.54, 1.807) is 37.4 Å². The number of nitrogens with zero attached hydrogens (tertiary/aromatic N) is 3. The number of hydrogen-bond donors (Lipinski definition) is 2. The summed E-state index contributed by atoms with van der Waals surface area (Å²) >= 11 is 0. The summed E-state index contributed by atoms with van der Waals surface area (Å²) in [6.07, 6.45) is 0.538. The lowest BCUT2D eigenvalue weighted by Crippen LogP contribution is -2.25. The Labute approximate surface area is 138 Å². The molecule has 0 fully saturated rings. The molecule has 2 N–H and O–H groups in total. The summed E-state index contributed by atoms with van der Waals surface area (Å²) in [7, 11) is 0. The fourth-order valence-corrected chi connectivity index (χ4v) is 2.62. The van der Waals surface area contributed by atoms with E-state index in [-0.39, 0.29) is 0 Å². The fourth-order valence-electron chi connectivity index (χ4n) is 2.62. The van der Waals surface area contributed by atoms with Gasteiger partial charge in [-0.25, -0.2) is 9.78 Å². The van der Waals surface area contributed by atoms with Crippen LogP contribution in [-0.4, -0.2) is 21.2 Å². The summed E-state index contributed by atoms with van der Waals surface area (Å²) in [5.74, 6) is 0. The summed E-state index contributed by atoms with van der Waals surface area (Å²) < 4.78 is 0. The highest BCUT2D eigenvalue weighted by Crippen LogP contribution is 2.30. The molecule has 24 heavy (non-hydrogen) atoms. The molecule has 3 rings (SSSR count). The maximum atomic E-state index is 11.0. The van der Waals surface area contributed by atoms with E-state index in [2.05, 4.69) is 21.4 Å². The van der Waals surface area contributed by atoms with Crippen molar-refractivity contribution in [2.45, 2.75) is 13.0 Å². The molecule has 2 heterocycles. The largest absolute Gasteiger partial charge is 0.465 e. The van der Waals surface area contributed by atoms with Crippen LogP contribution in [0.3, 0.4) is 0 Å². The normalized spacial score (nSPS) is 11.7. The molecule has 0 saturated heterocycles. The Hall–Kier alpha value is -3.46. The molecule has 1 aromatic carbocycles. The van der Waals surface area contributed by atoms with Gasteiger partial charge in [0.25, 0.3) is 0 Å². The highest BCUT2D eigenvalue weighted by Gasteiger charge is 2.18. The Balaban J connectivity index is 2.28. The van der Waals surface area contributed by atoms with Crippen molar-refractivity contribution in [2.24, 2.45) is 0 Å². The van der Waals surface area contributed by atoms with Gasteiger partial charge >= 0.3 is 6.09 Å². The van der Waals surface area contributed by atoms with Crippen LogP contribution < -0.4 is 5.32 Å². The van der Waals surface area contributed by atoms with Crippen LogP contribution in [0.2, 0.25) is 0 Å². The first-order chi connectivity index (χ1) is 11.6. The Kier molecular flexibility index (Phi) is 4.08. The van der Waals surface area contributed by atoms with Gasteiger partial charge in [0.15, 0.2) is 0 Å². The van der Waals surface area contributed by atoms with Crippen molar-refractivity contribution < 1.29 is 9.90 Å². The summed E-state index contributed by atoms with van der Waals surface area (Å²) in [5.41, 5.74) is 3.10. The fraction of sp³-hybridized carbons (Fsp3) is 0.111. The van der Waals surface area contributed by atoms with Gasteiger partial charge in [-0.3, -0.25) is 4.98 Å². The number of carboxylic acid groups (broad SMARTS) is 1. The quantitative estimate of drug-likeness (QED) is 0.770. The second kappa shape index (κ2) is 6.34. The summed E-state index contributed by atoms with van der Waals surface area (Å²) in [6, 6.07) is 14.3. The zero-order valence-electron chi connectivity index (χ0n) is 12.9. The number of fused-ring (bicyclic) bond motifs is 1. The number of nitrogens with one attached hydrogen (secondary N) is 1. The van der Waals surface area contributed by atoms with Crippen LogP contribution in [0.1, 0.15) is 24.2 Å². The third-order valence-corrected chi connectivity index (χ3v) is 3.70. The standard InChI is InChI=1S/C18H14N4O2/c1-11(21-18(23)24)17-14(15-6-2-3-8-20-15)9-13-12(10-19)5-4-7-16(13)22-17/h2-9,11,21H,1H3,(H,23,24). The molecule has 0 saturated carbocycles. The second-order valence-electron chi connectivity index (χ2n) is 5.29. The number of hydrogen-bond acceptors (Lipinski definition) is 4. The molecular formula is C18H14N4O2. The molecule has 0 radical (unpaired) electrons. The molecule has 0 spiro atoms.